The van der Waals surface area contributed by atoms with Crippen LogP contribution in [0.1, 0.15) is 30.9 Å². The SMILES string of the molecule is CCC1=NN(c2ccc(C)cc2)C(=O)C1C/C(=C/c1ccc(Cl)c(Cl)c1)C(=O)O. The van der Waals surface area contributed by atoms with Crippen LogP contribution in [0.2, 0.25) is 10.0 Å². The molecule has 0 saturated carbocycles. The van der Waals surface area contributed by atoms with Gasteiger partial charge in [-0.05, 0) is 55.7 Å². The van der Waals surface area contributed by atoms with Gasteiger partial charge in [0.25, 0.3) is 5.91 Å². The van der Waals surface area contributed by atoms with Gasteiger partial charge in [0, 0.05) is 5.57 Å². The third kappa shape index (κ3) is 4.69. The molecule has 1 N–H and O–H groups in total. The van der Waals surface area contributed by atoms with Crippen LogP contribution in [0, 0.1) is 12.8 Å². The molecule has 1 aliphatic heterocycles. The number of aryl methyl sites for hydroxylation is 1. The number of benzene rings is 2. The van der Waals surface area contributed by atoms with E-state index in [0.29, 0.717) is 33.4 Å². The minimum absolute atomic E-state index is 0.0451. The predicted octanol–water partition coefficient (Wildman–Crippen LogP) is 5.59. The number of carboxylic acid groups (broad SMARTS) is 1. The van der Waals surface area contributed by atoms with E-state index in [9.17, 15) is 14.7 Å². The zero-order valence-corrected chi connectivity index (χ0v) is 17.5. The summed E-state index contributed by atoms with van der Waals surface area (Å²) in [5.74, 6) is -1.94. The minimum Gasteiger partial charge on any atom is -0.478 e. The molecule has 2 aromatic rings. The van der Waals surface area contributed by atoms with Gasteiger partial charge >= 0.3 is 5.97 Å². The van der Waals surface area contributed by atoms with Crippen LogP contribution in [0.25, 0.3) is 6.08 Å². The van der Waals surface area contributed by atoms with Crippen molar-refractivity contribution < 1.29 is 14.7 Å². The predicted molar refractivity (Wildman–Crippen MR) is 117 cm³/mol. The van der Waals surface area contributed by atoms with Crippen molar-refractivity contribution in [2.24, 2.45) is 11.0 Å². The molecule has 2 aromatic carbocycles. The highest BCUT2D eigenvalue weighted by molar-refractivity contribution is 6.42. The molecule has 150 valence electrons. The number of carbonyl (C=O) groups is 2. The average Bonchev–Trinajstić information content (AvgIpc) is 3.00. The number of anilines is 1. The highest BCUT2D eigenvalue weighted by Crippen LogP contribution is 2.30. The van der Waals surface area contributed by atoms with E-state index in [1.807, 2.05) is 38.1 Å². The normalized spacial score (nSPS) is 16.9. The van der Waals surface area contributed by atoms with Crippen molar-refractivity contribution in [2.45, 2.75) is 26.7 Å². The Morgan fingerprint density at radius 3 is 2.45 bits per heavy atom. The zero-order valence-electron chi connectivity index (χ0n) is 16.0. The summed E-state index contributed by atoms with van der Waals surface area (Å²) in [6, 6.07) is 12.4. The van der Waals surface area contributed by atoms with Gasteiger partial charge in [-0.1, -0.05) is 53.9 Å². The van der Waals surface area contributed by atoms with Crippen molar-refractivity contribution in [2.75, 3.05) is 5.01 Å². The summed E-state index contributed by atoms with van der Waals surface area (Å²) >= 11 is 11.9. The number of carboxylic acids is 1. The largest absolute Gasteiger partial charge is 0.478 e. The second kappa shape index (κ2) is 8.80. The fraction of sp³-hybridized carbons (Fsp3) is 0.227. The van der Waals surface area contributed by atoms with Gasteiger partial charge in [-0.2, -0.15) is 5.10 Å². The number of aliphatic carboxylic acids is 1. The van der Waals surface area contributed by atoms with Gasteiger partial charge in [0.1, 0.15) is 0 Å². The minimum atomic E-state index is -1.09. The van der Waals surface area contributed by atoms with Gasteiger partial charge in [-0.15, -0.1) is 0 Å². The van der Waals surface area contributed by atoms with E-state index >= 15 is 0 Å². The molecule has 1 atom stereocenters. The molecule has 0 spiro atoms. The van der Waals surface area contributed by atoms with E-state index in [4.69, 9.17) is 23.2 Å². The van der Waals surface area contributed by atoms with Crippen molar-refractivity contribution in [1.29, 1.82) is 0 Å². The molecule has 5 nitrogen and oxygen atoms in total. The fourth-order valence-electron chi connectivity index (χ4n) is 3.16. The van der Waals surface area contributed by atoms with Crippen molar-refractivity contribution in [3.05, 3.63) is 69.2 Å². The van der Waals surface area contributed by atoms with Gasteiger partial charge in [-0.3, -0.25) is 4.79 Å². The second-order valence-electron chi connectivity index (χ2n) is 6.84. The Kier molecular flexibility index (Phi) is 6.40. The lowest BCUT2D eigenvalue weighted by atomic mass is 9.92. The van der Waals surface area contributed by atoms with Crippen molar-refractivity contribution in [1.82, 2.24) is 0 Å². The van der Waals surface area contributed by atoms with Crippen LogP contribution in [0.5, 0.6) is 0 Å². The van der Waals surface area contributed by atoms with Crippen LogP contribution in [0.15, 0.2) is 53.1 Å². The number of hydrazone groups is 1. The molecular formula is C22H20Cl2N2O3. The van der Waals surface area contributed by atoms with Gasteiger partial charge in [0.2, 0.25) is 0 Å². The van der Waals surface area contributed by atoms with Gasteiger partial charge < -0.3 is 5.11 Å². The maximum absolute atomic E-state index is 13.0. The fourth-order valence-corrected chi connectivity index (χ4v) is 3.47. The Bertz CT molecular complexity index is 1010. The molecule has 1 heterocycles. The van der Waals surface area contributed by atoms with Gasteiger partial charge in [0.15, 0.2) is 0 Å². The number of hydrogen-bond donors (Lipinski definition) is 1. The second-order valence-corrected chi connectivity index (χ2v) is 7.65. The number of rotatable bonds is 6. The summed E-state index contributed by atoms with van der Waals surface area (Å²) in [5.41, 5.74) is 3.12. The first-order valence-corrected chi connectivity index (χ1v) is 9.92. The molecule has 0 saturated heterocycles. The Labute approximate surface area is 179 Å². The molecule has 1 amide bonds. The summed E-state index contributed by atoms with van der Waals surface area (Å²) in [6.45, 7) is 3.87. The van der Waals surface area contributed by atoms with E-state index in [0.717, 1.165) is 5.56 Å². The molecule has 1 aliphatic rings. The standard InChI is InChI=1S/C22H20Cl2N2O3/c1-3-20-17(21(27)26(25-20)16-7-4-13(2)5-8-16)12-15(22(28)29)10-14-6-9-18(23)19(24)11-14/h4-11,17H,3,12H2,1-2H3,(H,28,29)/b15-10-. The molecule has 0 radical (unpaired) electrons. The van der Waals surface area contributed by atoms with Crippen LogP contribution < -0.4 is 5.01 Å². The zero-order chi connectivity index (χ0) is 21.1. The molecule has 0 aromatic heterocycles. The van der Waals surface area contributed by atoms with E-state index in [1.165, 1.54) is 11.1 Å². The Morgan fingerprint density at radius 1 is 1.17 bits per heavy atom. The Hall–Kier alpha value is -2.63. The average molecular weight is 431 g/mol. The Balaban J connectivity index is 1.89. The monoisotopic (exact) mass is 430 g/mol. The van der Waals surface area contributed by atoms with Gasteiger partial charge in [-0.25, -0.2) is 9.80 Å². The first-order chi connectivity index (χ1) is 13.8. The third-order valence-corrected chi connectivity index (χ3v) is 5.50. The summed E-state index contributed by atoms with van der Waals surface area (Å²) in [7, 11) is 0. The molecule has 0 fully saturated rings. The molecule has 3 rings (SSSR count). The highest BCUT2D eigenvalue weighted by atomic mass is 35.5. The van der Waals surface area contributed by atoms with E-state index in [2.05, 4.69) is 5.10 Å². The number of halogens is 2. The van der Waals surface area contributed by atoms with Crippen LogP contribution in [0.3, 0.4) is 0 Å². The molecule has 29 heavy (non-hydrogen) atoms. The van der Waals surface area contributed by atoms with E-state index in [1.54, 1.807) is 18.2 Å². The van der Waals surface area contributed by atoms with Crippen molar-refractivity contribution >= 4 is 52.6 Å². The maximum atomic E-state index is 13.0. The maximum Gasteiger partial charge on any atom is 0.331 e. The number of amides is 1. The third-order valence-electron chi connectivity index (χ3n) is 4.76. The summed E-state index contributed by atoms with van der Waals surface area (Å²) in [4.78, 5) is 24.9. The van der Waals surface area contributed by atoms with Crippen molar-refractivity contribution in [3.63, 3.8) is 0 Å². The summed E-state index contributed by atoms with van der Waals surface area (Å²) in [6.07, 6.45) is 2.11. The number of carbonyl (C=O) groups excluding carboxylic acids is 1. The van der Waals surface area contributed by atoms with E-state index < -0.39 is 11.9 Å². The first kappa shape index (κ1) is 21.1. The molecular weight excluding hydrogens is 411 g/mol. The molecule has 1 unspecified atom stereocenters. The number of nitrogens with zero attached hydrogens (tertiary/aromatic N) is 2. The quantitative estimate of drug-likeness (QED) is 0.607. The number of hydrogen-bond acceptors (Lipinski definition) is 3. The van der Waals surface area contributed by atoms with Crippen LogP contribution in [-0.4, -0.2) is 22.7 Å². The van der Waals surface area contributed by atoms with Crippen LogP contribution >= 0.6 is 23.2 Å². The van der Waals surface area contributed by atoms with Gasteiger partial charge in [0.05, 0.1) is 27.4 Å². The summed E-state index contributed by atoms with van der Waals surface area (Å²) in [5, 5.41) is 16.2. The van der Waals surface area contributed by atoms with Crippen LogP contribution in [-0.2, 0) is 9.59 Å². The molecule has 7 heteroatoms. The van der Waals surface area contributed by atoms with E-state index in [-0.39, 0.29) is 17.9 Å². The Morgan fingerprint density at radius 2 is 1.86 bits per heavy atom. The lowest BCUT2D eigenvalue weighted by molar-refractivity contribution is -0.132. The van der Waals surface area contributed by atoms with Crippen LogP contribution in [0.4, 0.5) is 5.69 Å². The lowest BCUT2D eigenvalue weighted by Crippen LogP contribution is -2.28. The molecule has 0 aliphatic carbocycles. The summed E-state index contributed by atoms with van der Waals surface area (Å²) < 4.78 is 0. The first-order valence-electron chi connectivity index (χ1n) is 9.17. The lowest BCUT2D eigenvalue weighted by Gasteiger charge is -2.15. The van der Waals surface area contributed by atoms with Crippen molar-refractivity contribution in [3.8, 4) is 0 Å². The topological polar surface area (TPSA) is 70.0 Å². The smallest absolute Gasteiger partial charge is 0.331 e. The highest BCUT2D eigenvalue weighted by Gasteiger charge is 2.37. The molecule has 0 bridgehead atoms.